The summed E-state index contributed by atoms with van der Waals surface area (Å²) in [5.74, 6) is 4.76. The molecule has 0 aliphatic heterocycles. The molecule has 2 heteroatoms. The van der Waals surface area contributed by atoms with Crippen molar-refractivity contribution in [1.82, 2.24) is 0 Å². The summed E-state index contributed by atoms with van der Waals surface area (Å²) in [4.78, 5) is 0. The Hall–Kier alpha value is 0.830. The zero-order valence-electron chi connectivity index (χ0n) is 9.30. The Kier molecular flexibility index (Phi) is 7.40. The zero-order valence-corrected chi connectivity index (χ0v) is 11.7. The molecule has 0 aromatic rings. The van der Waals surface area contributed by atoms with E-state index < -0.39 is 0 Å². The number of halogens is 1. The highest BCUT2D eigenvalue weighted by Gasteiger charge is 2.15. The second kappa shape index (κ2) is 8.04. The van der Waals surface area contributed by atoms with Crippen molar-refractivity contribution in [3.05, 3.63) is 0 Å². The van der Waals surface area contributed by atoms with Crippen LogP contribution in [0, 0.1) is 11.8 Å². The van der Waals surface area contributed by atoms with Crippen LogP contribution in [0.3, 0.4) is 0 Å². The Bertz CT molecular complexity index is 132. The molecule has 0 heterocycles. The quantitative estimate of drug-likeness (QED) is 0.608. The predicted molar refractivity (Wildman–Crippen MR) is 71.5 cm³/mol. The van der Waals surface area contributed by atoms with Gasteiger partial charge in [-0.3, -0.25) is 0 Å². The van der Waals surface area contributed by atoms with Gasteiger partial charge in [-0.05, 0) is 42.6 Å². The second-order valence-electron chi connectivity index (χ2n) is 4.50. The fourth-order valence-electron chi connectivity index (χ4n) is 2.19. The van der Waals surface area contributed by atoms with E-state index in [9.17, 15) is 0 Å². The SMILES string of the molecule is CCCC(CBr)CSCC1CCCC1. The molecular weight excluding hydrogens is 256 g/mol. The molecule has 0 saturated heterocycles. The lowest BCUT2D eigenvalue weighted by Gasteiger charge is -2.14. The Morgan fingerprint density at radius 3 is 2.64 bits per heavy atom. The monoisotopic (exact) mass is 278 g/mol. The fourth-order valence-corrected chi connectivity index (χ4v) is 4.47. The van der Waals surface area contributed by atoms with Gasteiger partial charge in [-0.1, -0.05) is 42.1 Å². The van der Waals surface area contributed by atoms with Crippen molar-refractivity contribution >= 4 is 27.7 Å². The number of hydrogen-bond donors (Lipinski definition) is 0. The first kappa shape index (κ1) is 12.9. The number of hydrogen-bond acceptors (Lipinski definition) is 1. The van der Waals surface area contributed by atoms with E-state index in [4.69, 9.17) is 0 Å². The second-order valence-corrected chi connectivity index (χ2v) is 6.22. The van der Waals surface area contributed by atoms with Crippen molar-refractivity contribution in [3.63, 3.8) is 0 Å². The number of rotatable bonds is 7. The largest absolute Gasteiger partial charge is 0.161 e. The van der Waals surface area contributed by atoms with E-state index in [1.807, 2.05) is 0 Å². The van der Waals surface area contributed by atoms with Gasteiger partial charge in [-0.15, -0.1) is 0 Å². The molecule has 0 aromatic heterocycles. The Balaban J connectivity index is 2.00. The molecule has 0 N–H and O–H groups in total. The third-order valence-electron chi connectivity index (χ3n) is 3.10. The summed E-state index contributed by atoms with van der Waals surface area (Å²) in [6, 6.07) is 0. The average molecular weight is 279 g/mol. The Morgan fingerprint density at radius 1 is 1.36 bits per heavy atom. The van der Waals surface area contributed by atoms with E-state index in [0.717, 1.165) is 11.8 Å². The molecule has 1 aliphatic carbocycles. The van der Waals surface area contributed by atoms with Gasteiger partial charge in [0, 0.05) is 5.33 Å². The highest BCUT2D eigenvalue weighted by atomic mass is 79.9. The van der Waals surface area contributed by atoms with E-state index >= 15 is 0 Å². The molecule has 1 saturated carbocycles. The first-order valence-corrected chi connectivity index (χ1v) is 8.28. The van der Waals surface area contributed by atoms with Gasteiger partial charge in [-0.25, -0.2) is 0 Å². The van der Waals surface area contributed by atoms with Gasteiger partial charge < -0.3 is 0 Å². The van der Waals surface area contributed by atoms with Crippen LogP contribution in [0.4, 0.5) is 0 Å². The van der Waals surface area contributed by atoms with Crippen molar-refractivity contribution in [1.29, 1.82) is 0 Å². The molecule has 1 fully saturated rings. The van der Waals surface area contributed by atoms with Crippen molar-refractivity contribution in [2.45, 2.75) is 45.4 Å². The normalized spacial score (nSPS) is 20.1. The van der Waals surface area contributed by atoms with Gasteiger partial charge in [0.25, 0.3) is 0 Å². The molecule has 1 atom stereocenters. The van der Waals surface area contributed by atoms with Crippen molar-refractivity contribution in [3.8, 4) is 0 Å². The first-order chi connectivity index (χ1) is 6.86. The molecule has 0 amide bonds. The van der Waals surface area contributed by atoms with Gasteiger partial charge in [0.1, 0.15) is 0 Å². The lowest BCUT2D eigenvalue weighted by Crippen LogP contribution is -2.07. The highest BCUT2D eigenvalue weighted by Crippen LogP contribution is 2.29. The van der Waals surface area contributed by atoms with Crippen LogP contribution in [0.25, 0.3) is 0 Å². The van der Waals surface area contributed by atoms with E-state index in [2.05, 4.69) is 34.6 Å². The molecule has 14 heavy (non-hydrogen) atoms. The van der Waals surface area contributed by atoms with Gasteiger partial charge in [-0.2, -0.15) is 11.8 Å². The van der Waals surface area contributed by atoms with Crippen LogP contribution in [-0.2, 0) is 0 Å². The van der Waals surface area contributed by atoms with E-state index in [1.54, 1.807) is 0 Å². The minimum absolute atomic E-state index is 0.909. The van der Waals surface area contributed by atoms with E-state index in [0.29, 0.717) is 0 Å². The first-order valence-electron chi connectivity index (χ1n) is 6.00. The summed E-state index contributed by atoms with van der Waals surface area (Å²) in [7, 11) is 0. The summed E-state index contributed by atoms with van der Waals surface area (Å²) >= 11 is 5.81. The smallest absolute Gasteiger partial charge is 0.00675 e. The molecule has 1 rings (SSSR count). The standard InChI is InChI=1S/C12H23BrS/c1-2-5-12(8-13)10-14-9-11-6-3-4-7-11/h11-12H,2-10H2,1H3. The summed E-state index contributed by atoms with van der Waals surface area (Å²) in [6.45, 7) is 2.29. The molecule has 0 radical (unpaired) electrons. The predicted octanol–water partition coefficient (Wildman–Crippen LogP) is 4.72. The van der Waals surface area contributed by atoms with Crippen LogP contribution in [0.2, 0.25) is 0 Å². The van der Waals surface area contributed by atoms with E-state index in [-0.39, 0.29) is 0 Å². The van der Waals surface area contributed by atoms with Crippen LogP contribution in [0.5, 0.6) is 0 Å². The maximum atomic E-state index is 3.62. The maximum Gasteiger partial charge on any atom is 0.00675 e. The average Bonchev–Trinajstić information content (AvgIpc) is 2.69. The molecule has 0 bridgehead atoms. The van der Waals surface area contributed by atoms with Crippen molar-refractivity contribution < 1.29 is 0 Å². The van der Waals surface area contributed by atoms with Gasteiger partial charge >= 0.3 is 0 Å². The molecule has 0 nitrogen and oxygen atoms in total. The Morgan fingerprint density at radius 2 is 2.07 bits per heavy atom. The van der Waals surface area contributed by atoms with Crippen molar-refractivity contribution in [2.75, 3.05) is 16.8 Å². The molecule has 84 valence electrons. The molecule has 1 unspecified atom stereocenters. The van der Waals surface area contributed by atoms with Crippen LogP contribution in [0.1, 0.15) is 45.4 Å². The fraction of sp³-hybridized carbons (Fsp3) is 1.00. The Labute approximate surface area is 102 Å². The van der Waals surface area contributed by atoms with Gasteiger partial charge in [0.2, 0.25) is 0 Å². The van der Waals surface area contributed by atoms with Crippen LogP contribution in [0.15, 0.2) is 0 Å². The lowest BCUT2D eigenvalue weighted by molar-refractivity contribution is 0.591. The van der Waals surface area contributed by atoms with Crippen LogP contribution >= 0.6 is 27.7 Å². The van der Waals surface area contributed by atoms with Crippen LogP contribution in [-0.4, -0.2) is 16.8 Å². The van der Waals surface area contributed by atoms with Crippen molar-refractivity contribution in [2.24, 2.45) is 11.8 Å². The van der Waals surface area contributed by atoms with Crippen LogP contribution < -0.4 is 0 Å². The van der Waals surface area contributed by atoms with Gasteiger partial charge in [0.05, 0.1) is 0 Å². The third kappa shape index (κ3) is 5.06. The lowest BCUT2D eigenvalue weighted by atomic mass is 10.1. The zero-order chi connectivity index (χ0) is 10.2. The number of alkyl halides is 1. The van der Waals surface area contributed by atoms with E-state index in [1.165, 1.54) is 55.4 Å². The third-order valence-corrected chi connectivity index (χ3v) is 5.43. The summed E-state index contributed by atoms with van der Waals surface area (Å²) in [6.07, 6.45) is 8.70. The summed E-state index contributed by atoms with van der Waals surface area (Å²) in [5.41, 5.74) is 0. The maximum absolute atomic E-state index is 3.62. The van der Waals surface area contributed by atoms with Gasteiger partial charge in [0.15, 0.2) is 0 Å². The molecule has 0 spiro atoms. The highest BCUT2D eigenvalue weighted by molar-refractivity contribution is 9.09. The topological polar surface area (TPSA) is 0 Å². The molecule has 1 aliphatic rings. The summed E-state index contributed by atoms with van der Waals surface area (Å²) < 4.78 is 0. The summed E-state index contributed by atoms with van der Waals surface area (Å²) in [5, 5.41) is 1.19. The minimum Gasteiger partial charge on any atom is -0.161 e. The molecular formula is C12H23BrS. The minimum atomic E-state index is 0.909. The molecule has 0 aromatic carbocycles. The number of thioether (sulfide) groups is 1.